The largest absolute Gasteiger partial charge is 0.330 e. The number of nitrogens with two attached hydrogens (primary N) is 2. The van der Waals surface area contributed by atoms with E-state index in [1.165, 1.54) is 0 Å². The van der Waals surface area contributed by atoms with Crippen LogP contribution in [0.1, 0.15) is 11.5 Å². The average Bonchev–Trinajstić information content (AvgIpc) is 2.13. The fourth-order valence-electron chi connectivity index (χ4n) is 1.18. The predicted molar refractivity (Wildman–Crippen MR) is 47.2 cm³/mol. The van der Waals surface area contributed by atoms with E-state index in [9.17, 15) is 8.78 Å². The van der Waals surface area contributed by atoms with Crippen molar-refractivity contribution in [1.82, 2.24) is 0 Å². The molecule has 0 radical (unpaired) electrons. The van der Waals surface area contributed by atoms with Crippen LogP contribution in [0.5, 0.6) is 0 Å². The fourth-order valence-corrected chi connectivity index (χ4v) is 1.18. The molecule has 0 aliphatic rings. The van der Waals surface area contributed by atoms with Crippen molar-refractivity contribution in [3.8, 4) is 0 Å². The molecule has 0 saturated heterocycles. The number of hydrogen-bond acceptors (Lipinski definition) is 2. The number of hydrogen-bond donors (Lipinski definition) is 2. The van der Waals surface area contributed by atoms with Crippen molar-refractivity contribution in [1.29, 1.82) is 0 Å². The first-order valence-corrected chi connectivity index (χ1v) is 4.04. The minimum absolute atomic E-state index is 0.219. The van der Waals surface area contributed by atoms with Crippen LogP contribution in [0.15, 0.2) is 18.2 Å². The van der Waals surface area contributed by atoms with Crippen LogP contribution in [-0.4, -0.2) is 13.1 Å². The minimum Gasteiger partial charge on any atom is -0.330 e. The first-order chi connectivity index (χ1) is 6.19. The van der Waals surface area contributed by atoms with E-state index in [4.69, 9.17) is 11.5 Å². The van der Waals surface area contributed by atoms with Crippen molar-refractivity contribution in [2.45, 2.75) is 5.92 Å². The van der Waals surface area contributed by atoms with E-state index in [1.807, 2.05) is 0 Å². The summed E-state index contributed by atoms with van der Waals surface area (Å²) in [5.41, 5.74) is 11.0. The van der Waals surface area contributed by atoms with E-state index >= 15 is 0 Å². The Morgan fingerprint density at radius 1 is 1.15 bits per heavy atom. The quantitative estimate of drug-likeness (QED) is 0.738. The van der Waals surface area contributed by atoms with Crippen LogP contribution in [0.4, 0.5) is 8.78 Å². The summed E-state index contributed by atoms with van der Waals surface area (Å²) in [4.78, 5) is 0. The van der Waals surface area contributed by atoms with Gasteiger partial charge >= 0.3 is 0 Å². The molecule has 1 aromatic rings. The lowest BCUT2D eigenvalue weighted by molar-refractivity contribution is 0.561. The first kappa shape index (κ1) is 10.1. The smallest absolute Gasteiger partial charge is 0.126 e. The zero-order chi connectivity index (χ0) is 9.84. The highest BCUT2D eigenvalue weighted by Gasteiger charge is 2.13. The summed E-state index contributed by atoms with van der Waals surface area (Å²) in [7, 11) is 0. The van der Waals surface area contributed by atoms with Gasteiger partial charge in [0.2, 0.25) is 0 Å². The van der Waals surface area contributed by atoms with Gasteiger partial charge in [-0.05, 0) is 23.8 Å². The lowest BCUT2D eigenvalue weighted by atomic mass is 9.99. The second-order valence-electron chi connectivity index (χ2n) is 2.83. The summed E-state index contributed by atoms with van der Waals surface area (Å²) < 4.78 is 25.8. The van der Waals surface area contributed by atoms with Gasteiger partial charge in [0.1, 0.15) is 11.6 Å². The van der Waals surface area contributed by atoms with E-state index in [0.717, 1.165) is 18.2 Å². The molecule has 0 saturated carbocycles. The Morgan fingerprint density at radius 3 is 2.31 bits per heavy atom. The zero-order valence-corrected chi connectivity index (χ0v) is 7.13. The molecule has 72 valence electrons. The molecule has 0 aliphatic heterocycles. The van der Waals surface area contributed by atoms with Crippen LogP contribution in [0.3, 0.4) is 0 Å². The van der Waals surface area contributed by atoms with E-state index in [-0.39, 0.29) is 24.6 Å². The highest BCUT2D eigenvalue weighted by Crippen LogP contribution is 2.18. The molecule has 1 aromatic carbocycles. The molecule has 0 aliphatic carbocycles. The third-order valence-electron chi connectivity index (χ3n) is 1.97. The third-order valence-corrected chi connectivity index (χ3v) is 1.97. The van der Waals surface area contributed by atoms with Gasteiger partial charge in [-0.15, -0.1) is 0 Å². The number of halogens is 2. The summed E-state index contributed by atoms with van der Waals surface area (Å²) in [5, 5.41) is 0. The van der Waals surface area contributed by atoms with Gasteiger partial charge in [-0.1, -0.05) is 0 Å². The van der Waals surface area contributed by atoms with Crippen LogP contribution >= 0.6 is 0 Å². The van der Waals surface area contributed by atoms with Gasteiger partial charge in [0.25, 0.3) is 0 Å². The Balaban J connectivity index is 3.03. The number of benzene rings is 1. The Hall–Kier alpha value is -1.00. The van der Waals surface area contributed by atoms with Gasteiger partial charge in [-0.25, -0.2) is 8.78 Å². The molecule has 0 spiro atoms. The molecule has 4 N–H and O–H groups in total. The molecule has 0 fully saturated rings. The van der Waals surface area contributed by atoms with E-state index < -0.39 is 11.6 Å². The maximum absolute atomic E-state index is 13.1. The van der Waals surface area contributed by atoms with Gasteiger partial charge < -0.3 is 11.5 Å². The standard InChI is InChI=1S/C9H12F2N2/c10-7-1-2-9(11)8(3-7)6(4-12)5-13/h1-3,6H,4-5,12-13H2. The molecular formula is C9H12F2N2. The van der Waals surface area contributed by atoms with Gasteiger partial charge in [0.05, 0.1) is 0 Å². The molecule has 0 heterocycles. The SMILES string of the molecule is NCC(CN)c1cc(F)ccc1F. The van der Waals surface area contributed by atoms with Crippen LogP contribution in [0.2, 0.25) is 0 Å². The molecule has 13 heavy (non-hydrogen) atoms. The molecule has 4 heteroatoms. The van der Waals surface area contributed by atoms with E-state index in [0.29, 0.717) is 0 Å². The lowest BCUT2D eigenvalue weighted by Gasteiger charge is -2.13. The lowest BCUT2D eigenvalue weighted by Crippen LogP contribution is -2.22. The fraction of sp³-hybridized carbons (Fsp3) is 0.333. The van der Waals surface area contributed by atoms with Crippen LogP contribution in [0, 0.1) is 11.6 Å². The second-order valence-corrected chi connectivity index (χ2v) is 2.83. The highest BCUT2D eigenvalue weighted by atomic mass is 19.1. The predicted octanol–water partition coefficient (Wildman–Crippen LogP) is 0.966. The van der Waals surface area contributed by atoms with Crippen molar-refractivity contribution in [3.05, 3.63) is 35.4 Å². The molecule has 0 aromatic heterocycles. The van der Waals surface area contributed by atoms with Crippen molar-refractivity contribution < 1.29 is 8.78 Å². The van der Waals surface area contributed by atoms with Gasteiger partial charge in [0, 0.05) is 19.0 Å². The van der Waals surface area contributed by atoms with Gasteiger partial charge in [-0.2, -0.15) is 0 Å². The second kappa shape index (κ2) is 4.30. The molecule has 0 atom stereocenters. The third kappa shape index (κ3) is 2.23. The summed E-state index contributed by atoms with van der Waals surface area (Å²) in [6.45, 7) is 0.438. The summed E-state index contributed by atoms with van der Waals surface area (Å²) >= 11 is 0. The zero-order valence-electron chi connectivity index (χ0n) is 7.13. The summed E-state index contributed by atoms with van der Waals surface area (Å²) in [6, 6.07) is 3.30. The maximum atomic E-state index is 13.1. The minimum atomic E-state index is -0.469. The molecule has 1 rings (SSSR count). The monoisotopic (exact) mass is 186 g/mol. The first-order valence-electron chi connectivity index (χ1n) is 4.04. The highest BCUT2D eigenvalue weighted by molar-refractivity contribution is 5.23. The van der Waals surface area contributed by atoms with E-state index in [2.05, 4.69) is 0 Å². The Kier molecular flexibility index (Phi) is 3.33. The average molecular weight is 186 g/mol. The normalized spacial score (nSPS) is 10.8. The van der Waals surface area contributed by atoms with Crippen LogP contribution < -0.4 is 11.5 Å². The summed E-state index contributed by atoms with van der Waals surface area (Å²) in [6.07, 6.45) is 0. The maximum Gasteiger partial charge on any atom is 0.126 e. The van der Waals surface area contributed by atoms with Crippen molar-refractivity contribution in [2.75, 3.05) is 13.1 Å². The molecule has 2 nitrogen and oxygen atoms in total. The molecule has 0 amide bonds. The van der Waals surface area contributed by atoms with Gasteiger partial charge in [-0.3, -0.25) is 0 Å². The van der Waals surface area contributed by atoms with Crippen molar-refractivity contribution in [3.63, 3.8) is 0 Å². The van der Waals surface area contributed by atoms with Crippen molar-refractivity contribution in [2.24, 2.45) is 11.5 Å². The topological polar surface area (TPSA) is 52.0 Å². The molecule has 0 bridgehead atoms. The Labute approximate surface area is 75.5 Å². The Morgan fingerprint density at radius 2 is 1.77 bits per heavy atom. The van der Waals surface area contributed by atoms with E-state index in [1.54, 1.807) is 0 Å². The Bertz CT molecular complexity index is 285. The number of rotatable bonds is 3. The van der Waals surface area contributed by atoms with Crippen LogP contribution in [-0.2, 0) is 0 Å². The summed E-state index contributed by atoms with van der Waals surface area (Å²) in [5.74, 6) is -1.23. The van der Waals surface area contributed by atoms with Gasteiger partial charge in [0.15, 0.2) is 0 Å². The van der Waals surface area contributed by atoms with Crippen molar-refractivity contribution >= 4 is 0 Å². The van der Waals surface area contributed by atoms with Crippen LogP contribution in [0.25, 0.3) is 0 Å². The molecular weight excluding hydrogens is 174 g/mol. The molecule has 0 unspecified atom stereocenters.